The lowest BCUT2D eigenvalue weighted by atomic mass is 10.0. The highest BCUT2D eigenvalue weighted by Gasteiger charge is 2.49. The van der Waals surface area contributed by atoms with Crippen LogP contribution in [-0.2, 0) is 0 Å². The third-order valence-electron chi connectivity index (χ3n) is 3.41. The second-order valence-corrected chi connectivity index (χ2v) is 6.66. The fourth-order valence-corrected chi connectivity index (χ4v) is 3.65. The number of rotatable bonds is 3. The zero-order valence-corrected chi connectivity index (χ0v) is 13.3. The quantitative estimate of drug-likeness (QED) is 0.671. The second-order valence-electron chi connectivity index (χ2n) is 5.04. The first-order valence-electron chi connectivity index (χ1n) is 6.60. The van der Waals surface area contributed by atoms with Crippen LogP contribution in [0.2, 0.25) is 5.02 Å². The van der Waals surface area contributed by atoms with Crippen LogP contribution < -0.4 is 10.5 Å². The predicted molar refractivity (Wildman–Crippen MR) is 80.6 cm³/mol. The molecule has 128 valence electrons. The lowest BCUT2D eigenvalue weighted by molar-refractivity contribution is 0.0770. The molecule has 0 aliphatic carbocycles. The lowest BCUT2D eigenvalue weighted by Crippen LogP contribution is -2.26. The molecule has 0 fully saturated rings. The van der Waals surface area contributed by atoms with Gasteiger partial charge in [-0.3, -0.25) is 0 Å². The van der Waals surface area contributed by atoms with Gasteiger partial charge in [0.05, 0.1) is 5.56 Å². The summed E-state index contributed by atoms with van der Waals surface area (Å²) in [6.07, 6.45) is -3.10. The molecule has 1 aliphatic heterocycles. The SMILES string of the molecule is NC1c2c(ccc(Oc3cc(F)cc(Cl)c3)c2C(F)F)SC1(F)F. The minimum atomic E-state index is -3.40. The van der Waals surface area contributed by atoms with Crippen LogP contribution in [0.4, 0.5) is 22.0 Å². The molecule has 2 N–H and O–H groups in total. The van der Waals surface area contributed by atoms with E-state index in [1.807, 2.05) is 0 Å². The Morgan fingerprint density at radius 1 is 1.21 bits per heavy atom. The standard InChI is InChI=1S/C15H9ClF5NOS/c16-6-3-7(17)5-8(4-6)23-9-1-2-10-12(11(9)14(18)19)13(22)15(20,21)24-10/h1-5,13-14H,22H2. The van der Waals surface area contributed by atoms with Gasteiger partial charge in [0.1, 0.15) is 23.4 Å². The highest BCUT2D eigenvalue weighted by atomic mass is 35.5. The molecule has 0 spiro atoms. The van der Waals surface area contributed by atoms with E-state index in [9.17, 15) is 22.0 Å². The van der Waals surface area contributed by atoms with Gasteiger partial charge in [0, 0.05) is 21.5 Å². The van der Waals surface area contributed by atoms with Crippen molar-refractivity contribution in [2.45, 2.75) is 22.6 Å². The highest BCUT2D eigenvalue weighted by Crippen LogP contribution is 2.56. The van der Waals surface area contributed by atoms with Crippen LogP contribution in [0, 0.1) is 5.82 Å². The van der Waals surface area contributed by atoms with Gasteiger partial charge in [-0.15, -0.1) is 0 Å². The maximum Gasteiger partial charge on any atom is 0.317 e. The summed E-state index contributed by atoms with van der Waals surface area (Å²) in [5.74, 6) is -1.23. The van der Waals surface area contributed by atoms with Gasteiger partial charge < -0.3 is 10.5 Å². The van der Waals surface area contributed by atoms with Gasteiger partial charge >= 0.3 is 5.25 Å². The average Bonchev–Trinajstić information content (AvgIpc) is 2.68. The molecule has 2 aromatic carbocycles. The van der Waals surface area contributed by atoms with Crippen molar-refractivity contribution >= 4 is 23.4 Å². The number of hydrogen-bond acceptors (Lipinski definition) is 3. The molecule has 1 heterocycles. The van der Waals surface area contributed by atoms with Crippen molar-refractivity contribution in [3.63, 3.8) is 0 Å². The predicted octanol–water partition coefficient (Wildman–Crippen LogP) is 5.91. The second kappa shape index (κ2) is 6.09. The molecule has 2 aromatic rings. The Hall–Kier alpha value is -1.51. The van der Waals surface area contributed by atoms with Crippen LogP contribution in [0.5, 0.6) is 11.5 Å². The number of benzene rings is 2. The molecule has 3 rings (SSSR count). The Labute approximate surface area is 142 Å². The zero-order chi connectivity index (χ0) is 17.6. The van der Waals surface area contributed by atoms with Crippen LogP contribution in [0.25, 0.3) is 0 Å². The van der Waals surface area contributed by atoms with Gasteiger partial charge in [0.25, 0.3) is 6.43 Å². The first kappa shape index (κ1) is 17.3. The van der Waals surface area contributed by atoms with Crippen molar-refractivity contribution < 1.29 is 26.7 Å². The molecule has 0 bridgehead atoms. The Morgan fingerprint density at radius 2 is 1.92 bits per heavy atom. The van der Waals surface area contributed by atoms with E-state index in [1.165, 1.54) is 12.1 Å². The molecule has 1 aliphatic rings. The topological polar surface area (TPSA) is 35.2 Å². The molecule has 0 aromatic heterocycles. The van der Waals surface area contributed by atoms with Gasteiger partial charge in [-0.1, -0.05) is 11.6 Å². The summed E-state index contributed by atoms with van der Waals surface area (Å²) in [7, 11) is 0. The van der Waals surface area contributed by atoms with Crippen LogP contribution in [-0.4, -0.2) is 5.25 Å². The van der Waals surface area contributed by atoms with Crippen molar-refractivity contribution in [2.75, 3.05) is 0 Å². The average molecular weight is 382 g/mol. The van der Waals surface area contributed by atoms with Crippen molar-refractivity contribution in [1.29, 1.82) is 0 Å². The minimum absolute atomic E-state index is 0.00328. The van der Waals surface area contributed by atoms with Crippen molar-refractivity contribution in [1.82, 2.24) is 0 Å². The third kappa shape index (κ3) is 3.05. The molecule has 2 nitrogen and oxygen atoms in total. The monoisotopic (exact) mass is 381 g/mol. The molecule has 0 saturated heterocycles. The van der Waals surface area contributed by atoms with E-state index >= 15 is 0 Å². The summed E-state index contributed by atoms with van der Waals surface area (Å²) in [4.78, 5) is -0.0348. The van der Waals surface area contributed by atoms with E-state index < -0.39 is 29.1 Å². The number of nitrogens with two attached hydrogens (primary N) is 1. The van der Waals surface area contributed by atoms with Gasteiger partial charge in [-0.2, -0.15) is 8.78 Å². The van der Waals surface area contributed by atoms with Crippen molar-refractivity contribution in [3.05, 3.63) is 52.3 Å². The fourth-order valence-electron chi connectivity index (χ4n) is 2.41. The number of ether oxygens (including phenoxy) is 1. The lowest BCUT2D eigenvalue weighted by Gasteiger charge is -2.18. The van der Waals surface area contributed by atoms with Gasteiger partial charge in [-0.25, -0.2) is 13.2 Å². The number of fused-ring (bicyclic) bond motifs is 1. The molecule has 0 radical (unpaired) electrons. The molecule has 0 saturated carbocycles. The maximum atomic E-state index is 13.7. The summed E-state index contributed by atoms with van der Waals surface area (Å²) in [5, 5.41) is -3.39. The first-order valence-corrected chi connectivity index (χ1v) is 7.80. The first-order chi connectivity index (χ1) is 11.2. The molecule has 0 amide bonds. The summed E-state index contributed by atoms with van der Waals surface area (Å²) in [6, 6.07) is 3.64. The number of hydrogen-bond donors (Lipinski definition) is 1. The summed E-state index contributed by atoms with van der Waals surface area (Å²) < 4.78 is 73.0. The summed E-state index contributed by atoms with van der Waals surface area (Å²) in [5.41, 5.74) is 4.34. The van der Waals surface area contributed by atoms with Crippen LogP contribution in [0.3, 0.4) is 0 Å². The van der Waals surface area contributed by atoms with Crippen molar-refractivity contribution in [2.24, 2.45) is 5.73 Å². The number of halogens is 6. The smallest absolute Gasteiger partial charge is 0.317 e. The Kier molecular flexibility index (Phi) is 4.39. The van der Waals surface area contributed by atoms with E-state index in [-0.39, 0.29) is 38.7 Å². The Morgan fingerprint density at radius 3 is 2.54 bits per heavy atom. The Balaban J connectivity index is 2.09. The zero-order valence-electron chi connectivity index (χ0n) is 11.7. The molecular weight excluding hydrogens is 373 g/mol. The minimum Gasteiger partial charge on any atom is -0.457 e. The van der Waals surface area contributed by atoms with Gasteiger partial charge in [-0.05, 0) is 36.0 Å². The van der Waals surface area contributed by atoms with Gasteiger partial charge in [0.15, 0.2) is 0 Å². The molecule has 9 heteroatoms. The maximum absolute atomic E-state index is 13.7. The molecule has 1 atom stereocenters. The number of thioether (sulfide) groups is 1. The van der Waals surface area contributed by atoms with Gasteiger partial charge in [0.2, 0.25) is 0 Å². The normalized spacial score (nSPS) is 18.8. The van der Waals surface area contributed by atoms with Crippen LogP contribution in [0.1, 0.15) is 23.6 Å². The highest BCUT2D eigenvalue weighted by molar-refractivity contribution is 8.00. The van der Waals surface area contributed by atoms with E-state index in [2.05, 4.69) is 0 Å². The van der Waals surface area contributed by atoms with E-state index in [4.69, 9.17) is 22.1 Å². The molecular formula is C15H9ClF5NOS. The molecule has 1 unspecified atom stereocenters. The van der Waals surface area contributed by atoms with Crippen LogP contribution >= 0.6 is 23.4 Å². The largest absolute Gasteiger partial charge is 0.457 e. The molecule has 24 heavy (non-hydrogen) atoms. The summed E-state index contributed by atoms with van der Waals surface area (Å²) in [6.45, 7) is 0. The van der Waals surface area contributed by atoms with Crippen molar-refractivity contribution in [3.8, 4) is 11.5 Å². The van der Waals surface area contributed by atoms with Crippen LogP contribution in [0.15, 0.2) is 35.2 Å². The number of alkyl halides is 4. The summed E-state index contributed by atoms with van der Waals surface area (Å²) >= 11 is 5.81. The van der Waals surface area contributed by atoms with E-state index in [1.54, 1.807) is 0 Å². The third-order valence-corrected chi connectivity index (χ3v) is 4.73. The Bertz CT molecular complexity index is 781. The fraction of sp³-hybridized carbons (Fsp3) is 0.200. The van der Waals surface area contributed by atoms with E-state index in [0.717, 1.165) is 18.2 Å². The van der Waals surface area contributed by atoms with E-state index in [0.29, 0.717) is 0 Å².